The highest BCUT2D eigenvalue weighted by Crippen LogP contribution is 2.41. The standard InChI is InChI=1S/C30H37NO6/c1-7-13-36-22-11-10-21(17-23(22)34-8-2)27-26-28(32)25-20(6)15-19(5)16-24(25)37-29(26)30(33)31(27)12-9-14-35-18(3)4/h10-11,15-18,27H,7-9,12-14H2,1-6H3. The molecule has 7 nitrogen and oxygen atoms in total. The normalized spacial score (nSPS) is 15.1. The molecule has 1 atom stereocenters. The molecule has 37 heavy (non-hydrogen) atoms. The van der Waals surface area contributed by atoms with Crippen molar-refractivity contribution in [2.45, 2.75) is 66.5 Å². The number of ether oxygens (including phenoxy) is 3. The van der Waals surface area contributed by atoms with Crippen molar-refractivity contribution in [2.24, 2.45) is 0 Å². The van der Waals surface area contributed by atoms with Gasteiger partial charge in [0.2, 0.25) is 5.76 Å². The summed E-state index contributed by atoms with van der Waals surface area (Å²) in [5.41, 5.74) is 3.23. The number of carbonyl (C=O) groups excluding carboxylic acids is 1. The molecule has 0 radical (unpaired) electrons. The summed E-state index contributed by atoms with van der Waals surface area (Å²) in [5.74, 6) is 1.06. The van der Waals surface area contributed by atoms with E-state index in [4.69, 9.17) is 18.6 Å². The summed E-state index contributed by atoms with van der Waals surface area (Å²) in [6.45, 7) is 13.7. The van der Waals surface area contributed by atoms with Crippen LogP contribution < -0.4 is 14.9 Å². The van der Waals surface area contributed by atoms with Crippen molar-refractivity contribution in [3.8, 4) is 11.5 Å². The molecule has 0 bridgehead atoms. The largest absolute Gasteiger partial charge is 0.490 e. The maximum absolute atomic E-state index is 13.9. The van der Waals surface area contributed by atoms with Crippen LogP contribution in [-0.2, 0) is 4.74 Å². The topological polar surface area (TPSA) is 78.2 Å². The van der Waals surface area contributed by atoms with Gasteiger partial charge >= 0.3 is 0 Å². The Kier molecular flexibility index (Phi) is 8.22. The van der Waals surface area contributed by atoms with Gasteiger partial charge in [-0.2, -0.15) is 0 Å². The second kappa shape index (κ2) is 11.4. The Hall–Kier alpha value is -3.32. The molecule has 1 unspecified atom stereocenters. The van der Waals surface area contributed by atoms with E-state index in [1.54, 1.807) is 4.90 Å². The molecule has 0 saturated carbocycles. The molecule has 0 N–H and O–H groups in total. The van der Waals surface area contributed by atoms with Crippen LogP contribution in [0.5, 0.6) is 11.5 Å². The molecule has 0 fully saturated rings. The van der Waals surface area contributed by atoms with E-state index in [1.165, 1.54) is 0 Å². The summed E-state index contributed by atoms with van der Waals surface area (Å²) in [7, 11) is 0. The fourth-order valence-corrected chi connectivity index (χ4v) is 4.94. The molecule has 198 valence electrons. The molecule has 1 aliphatic heterocycles. The zero-order chi connectivity index (χ0) is 26.7. The van der Waals surface area contributed by atoms with Gasteiger partial charge in [-0.15, -0.1) is 0 Å². The van der Waals surface area contributed by atoms with E-state index in [0.29, 0.717) is 60.8 Å². The minimum absolute atomic E-state index is 0.103. The van der Waals surface area contributed by atoms with Gasteiger partial charge in [0.25, 0.3) is 5.91 Å². The van der Waals surface area contributed by atoms with Gasteiger partial charge in [0.1, 0.15) is 5.58 Å². The molecule has 0 aliphatic carbocycles. The van der Waals surface area contributed by atoms with E-state index in [9.17, 15) is 9.59 Å². The maximum Gasteiger partial charge on any atom is 0.290 e. The summed E-state index contributed by atoms with van der Waals surface area (Å²) in [5, 5.41) is 0.514. The lowest BCUT2D eigenvalue weighted by atomic mass is 9.96. The van der Waals surface area contributed by atoms with E-state index < -0.39 is 6.04 Å². The molecular weight excluding hydrogens is 470 g/mol. The van der Waals surface area contributed by atoms with Gasteiger partial charge in [0, 0.05) is 13.2 Å². The molecule has 4 rings (SSSR count). The van der Waals surface area contributed by atoms with Crippen LogP contribution in [0.1, 0.15) is 79.4 Å². The Balaban J connectivity index is 1.85. The molecule has 2 aromatic carbocycles. The summed E-state index contributed by atoms with van der Waals surface area (Å²) >= 11 is 0. The zero-order valence-corrected chi connectivity index (χ0v) is 22.7. The first-order chi connectivity index (χ1) is 17.8. The van der Waals surface area contributed by atoms with Crippen LogP contribution in [0.25, 0.3) is 11.0 Å². The second-order valence-electron chi connectivity index (χ2n) is 9.79. The smallest absolute Gasteiger partial charge is 0.290 e. The van der Waals surface area contributed by atoms with Crippen molar-refractivity contribution >= 4 is 16.9 Å². The van der Waals surface area contributed by atoms with Crippen LogP contribution in [0, 0.1) is 13.8 Å². The van der Waals surface area contributed by atoms with Gasteiger partial charge in [-0.25, -0.2) is 0 Å². The summed E-state index contributed by atoms with van der Waals surface area (Å²) < 4.78 is 23.7. The first-order valence-corrected chi connectivity index (χ1v) is 13.2. The molecule has 1 amide bonds. The third-order valence-corrected chi connectivity index (χ3v) is 6.45. The Bertz CT molecular complexity index is 1340. The predicted molar refractivity (Wildman–Crippen MR) is 144 cm³/mol. The molecule has 1 aromatic heterocycles. The number of aryl methyl sites for hydroxylation is 2. The zero-order valence-electron chi connectivity index (χ0n) is 22.7. The quantitative estimate of drug-likeness (QED) is 0.298. The number of rotatable bonds is 11. The van der Waals surface area contributed by atoms with Crippen molar-refractivity contribution in [1.29, 1.82) is 0 Å². The summed E-state index contributed by atoms with van der Waals surface area (Å²) in [4.78, 5) is 29.4. The van der Waals surface area contributed by atoms with Crippen LogP contribution in [-0.4, -0.2) is 43.3 Å². The Morgan fingerprint density at radius 1 is 1.00 bits per heavy atom. The lowest BCUT2D eigenvalue weighted by molar-refractivity contribution is 0.0593. The number of benzene rings is 2. The first kappa shape index (κ1) is 26.7. The molecule has 1 aliphatic rings. The van der Waals surface area contributed by atoms with Crippen molar-refractivity contribution in [3.63, 3.8) is 0 Å². The number of carbonyl (C=O) groups is 1. The van der Waals surface area contributed by atoms with Crippen LogP contribution in [0.4, 0.5) is 0 Å². The average molecular weight is 508 g/mol. The number of nitrogens with zero attached hydrogens (tertiary/aromatic N) is 1. The van der Waals surface area contributed by atoms with E-state index in [0.717, 1.165) is 23.1 Å². The Labute approximate surface area is 218 Å². The fraction of sp³-hybridized carbons (Fsp3) is 0.467. The maximum atomic E-state index is 13.9. The van der Waals surface area contributed by atoms with E-state index in [-0.39, 0.29) is 23.2 Å². The lowest BCUT2D eigenvalue weighted by Crippen LogP contribution is -2.31. The van der Waals surface area contributed by atoms with Crippen LogP contribution in [0.15, 0.2) is 39.5 Å². The average Bonchev–Trinajstić information content (AvgIpc) is 3.12. The number of fused-ring (bicyclic) bond motifs is 2. The van der Waals surface area contributed by atoms with Gasteiger partial charge < -0.3 is 23.5 Å². The van der Waals surface area contributed by atoms with Gasteiger partial charge in [-0.3, -0.25) is 9.59 Å². The lowest BCUT2D eigenvalue weighted by Gasteiger charge is -2.26. The van der Waals surface area contributed by atoms with Crippen LogP contribution in [0.3, 0.4) is 0 Å². The van der Waals surface area contributed by atoms with Crippen LogP contribution >= 0.6 is 0 Å². The predicted octanol–water partition coefficient (Wildman–Crippen LogP) is 5.96. The van der Waals surface area contributed by atoms with E-state index in [1.807, 2.05) is 71.9 Å². The van der Waals surface area contributed by atoms with Gasteiger partial charge in [0.05, 0.1) is 36.3 Å². The van der Waals surface area contributed by atoms with Crippen molar-refractivity contribution in [1.82, 2.24) is 4.90 Å². The molecule has 0 spiro atoms. The molecule has 0 saturated heterocycles. The van der Waals surface area contributed by atoms with Gasteiger partial charge in [0.15, 0.2) is 16.9 Å². The Morgan fingerprint density at radius 2 is 1.78 bits per heavy atom. The SMILES string of the molecule is CCCOc1ccc(C2c3c(oc4cc(C)cc(C)c4c3=O)C(=O)N2CCCOC(C)C)cc1OCC. The highest BCUT2D eigenvalue weighted by atomic mass is 16.5. The third-order valence-electron chi connectivity index (χ3n) is 6.45. The minimum atomic E-state index is -0.595. The summed E-state index contributed by atoms with van der Waals surface area (Å²) in [6.07, 6.45) is 1.61. The summed E-state index contributed by atoms with van der Waals surface area (Å²) in [6, 6.07) is 8.83. The molecule has 2 heterocycles. The number of amides is 1. The van der Waals surface area contributed by atoms with Crippen molar-refractivity contribution in [2.75, 3.05) is 26.4 Å². The van der Waals surface area contributed by atoms with Gasteiger partial charge in [-0.1, -0.05) is 19.1 Å². The van der Waals surface area contributed by atoms with Crippen molar-refractivity contribution < 1.29 is 23.4 Å². The third kappa shape index (κ3) is 5.37. The number of hydrogen-bond donors (Lipinski definition) is 0. The second-order valence-corrected chi connectivity index (χ2v) is 9.79. The van der Waals surface area contributed by atoms with E-state index >= 15 is 0 Å². The van der Waals surface area contributed by atoms with Crippen molar-refractivity contribution in [3.05, 3.63) is 68.6 Å². The number of hydrogen-bond acceptors (Lipinski definition) is 6. The minimum Gasteiger partial charge on any atom is -0.490 e. The van der Waals surface area contributed by atoms with E-state index in [2.05, 4.69) is 0 Å². The monoisotopic (exact) mass is 507 g/mol. The molecular formula is C30H37NO6. The van der Waals surface area contributed by atoms with Crippen LogP contribution in [0.2, 0.25) is 0 Å². The molecule has 7 heteroatoms. The fourth-order valence-electron chi connectivity index (χ4n) is 4.94. The molecule has 3 aromatic rings. The first-order valence-electron chi connectivity index (χ1n) is 13.2. The van der Waals surface area contributed by atoms with Gasteiger partial charge in [-0.05, 0) is 82.3 Å². The Morgan fingerprint density at radius 3 is 2.49 bits per heavy atom. The highest BCUT2D eigenvalue weighted by Gasteiger charge is 2.43. The highest BCUT2D eigenvalue weighted by molar-refractivity contribution is 5.99.